The van der Waals surface area contributed by atoms with Crippen LogP contribution < -0.4 is 0 Å². The number of nitro groups is 1. The van der Waals surface area contributed by atoms with Crippen LogP contribution in [-0.2, 0) is 0 Å². The molecule has 0 aliphatic carbocycles. The predicted molar refractivity (Wildman–Crippen MR) is 105 cm³/mol. The molecule has 136 valence electrons. The number of nitro benzene ring substituents is 1. The lowest BCUT2D eigenvalue weighted by Gasteiger charge is -2.07. The molecule has 0 saturated carbocycles. The van der Waals surface area contributed by atoms with E-state index in [1.807, 2.05) is 0 Å². The summed E-state index contributed by atoms with van der Waals surface area (Å²) < 4.78 is 0.840. The minimum atomic E-state index is -0.487. The van der Waals surface area contributed by atoms with Crippen LogP contribution in [0.5, 0.6) is 0 Å². The summed E-state index contributed by atoms with van der Waals surface area (Å²) in [5.74, 6) is -0.511. The van der Waals surface area contributed by atoms with Gasteiger partial charge in [-0.25, -0.2) is 0 Å². The maximum absolute atomic E-state index is 13.2. The fourth-order valence-corrected chi connectivity index (χ4v) is 3.27. The molecule has 0 aliphatic heterocycles. The highest BCUT2D eigenvalue weighted by Gasteiger charge is 2.26. The Morgan fingerprint density at radius 3 is 2.11 bits per heavy atom. The first-order valence-electron chi connectivity index (χ1n) is 8.08. The van der Waals surface area contributed by atoms with Crippen LogP contribution in [0.15, 0.2) is 53.0 Å². The van der Waals surface area contributed by atoms with Gasteiger partial charge in [0.25, 0.3) is 5.69 Å². The second kappa shape index (κ2) is 7.28. The van der Waals surface area contributed by atoms with Gasteiger partial charge < -0.3 is 4.98 Å². The zero-order chi connectivity index (χ0) is 19.7. The monoisotopic (exact) mass is 426 g/mol. The van der Waals surface area contributed by atoms with Crippen LogP contribution in [0.4, 0.5) is 5.69 Å². The van der Waals surface area contributed by atoms with Crippen molar-refractivity contribution in [2.75, 3.05) is 0 Å². The van der Waals surface area contributed by atoms with Crippen LogP contribution in [-0.4, -0.2) is 21.5 Å². The molecule has 3 rings (SSSR count). The molecule has 0 unspecified atom stereocenters. The molecule has 7 heteroatoms. The van der Waals surface area contributed by atoms with Crippen molar-refractivity contribution in [3.63, 3.8) is 0 Å². The van der Waals surface area contributed by atoms with E-state index < -0.39 is 4.92 Å². The molecule has 0 radical (unpaired) electrons. The number of rotatable bonds is 5. The average Bonchev–Trinajstić information content (AvgIpc) is 2.99. The lowest BCUT2D eigenvalue weighted by Crippen LogP contribution is -2.08. The summed E-state index contributed by atoms with van der Waals surface area (Å²) in [5, 5.41) is 10.9. The van der Waals surface area contributed by atoms with Gasteiger partial charge in [-0.3, -0.25) is 19.7 Å². The molecule has 0 atom stereocenters. The smallest absolute Gasteiger partial charge is 0.269 e. The number of hydrogen-bond donors (Lipinski definition) is 1. The van der Waals surface area contributed by atoms with Crippen LogP contribution >= 0.6 is 15.9 Å². The fraction of sp³-hybridized carbons (Fsp3) is 0.100. The third kappa shape index (κ3) is 3.59. The Morgan fingerprint density at radius 1 is 1.00 bits per heavy atom. The van der Waals surface area contributed by atoms with Gasteiger partial charge in [0.05, 0.1) is 16.2 Å². The summed E-state index contributed by atoms with van der Waals surface area (Å²) in [6.07, 6.45) is 0. The highest BCUT2D eigenvalue weighted by Crippen LogP contribution is 2.32. The molecule has 0 saturated heterocycles. The number of nitrogens with one attached hydrogen (secondary N) is 1. The van der Waals surface area contributed by atoms with E-state index in [2.05, 4.69) is 20.9 Å². The number of aryl methyl sites for hydroxylation is 1. The Kier molecular flexibility index (Phi) is 5.05. The Labute approximate surface area is 163 Å². The minimum absolute atomic E-state index is 0.0467. The number of nitrogens with zero attached hydrogens (tertiary/aromatic N) is 1. The number of aromatic amines is 1. The molecular formula is C20H15BrN2O4. The van der Waals surface area contributed by atoms with E-state index in [-0.39, 0.29) is 22.8 Å². The van der Waals surface area contributed by atoms with Gasteiger partial charge in [-0.2, -0.15) is 0 Å². The molecule has 0 amide bonds. The number of aromatic nitrogens is 1. The van der Waals surface area contributed by atoms with Gasteiger partial charge in [0.2, 0.25) is 0 Å². The predicted octanol–water partition coefficient (Wildman–Crippen LogP) is 5.09. The van der Waals surface area contributed by atoms with Crippen molar-refractivity contribution in [2.24, 2.45) is 0 Å². The summed E-state index contributed by atoms with van der Waals surface area (Å²) >= 11 is 3.34. The lowest BCUT2D eigenvalue weighted by molar-refractivity contribution is -0.384. The molecule has 0 spiro atoms. The van der Waals surface area contributed by atoms with Gasteiger partial charge >= 0.3 is 0 Å². The fourth-order valence-electron chi connectivity index (χ4n) is 3.00. The van der Waals surface area contributed by atoms with Gasteiger partial charge in [-0.05, 0) is 55.8 Å². The molecule has 1 N–H and O–H groups in total. The van der Waals surface area contributed by atoms with Gasteiger partial charge in [-0.15, -0.1) is 0 Å². The lowest BCUT2D eigenvalue weighted by atomic mass is 9.94. The summed E-state index contributed by atoms with van der Waals surface area (Å²) in [7, 11) is 0. The molecule has 3 aromatic rings. The van der Waals surface area contributed by atoms with Crippen molar-refractivity contribution in [2.45, 2.75) is 13.8 Å². The van der Waals surface area contributed by atoms with Crippen molar-refractivity contribution in [1.82, 2.24) is 4.98 Å². The quantitative estimate of drug-likeness (QED) is 0.349. The van der Waals surface area contributed by atoms with Crippen LogP contribution in [0.3, 0.4) is 0 Å². The van der Waals surface area contributed by atoms with Gasteiger partial charge in [0.15, 0.2) is 11.6 Å². The van der Waals surface area contributed by atoms with Crippen molar-refractivity contribution in [1.29, 1.82) is 0 Å². The Morgan fingerprint density at radius 2 is 1.59 bits per heavy atom. The molecule has 0 fully saturated rings. The first kappa shape index (κ1) is 18.7. The van der Waals surface area contributed by atoms with E-state index >= 15 is 0 Å². The minimum Gasteiger partial charge on any atom is -0.357 e. The number of carbonyl (C=O) groups excluding carboxylic acids is 2. The van der Waals surface area contributed by atoms with Crippen LogP contribution in [0.25, 0.3) is 11.3 Å². The molecule has 0 bridgehead atoms. The van der Waals surface area contributed by atoms with E-state index in [4.69, 9.17) is 0 Å². The molecule has 6 nitrogen and oxygen atoms in total. The van der Waals surface area contributed by atoms with Gasteiger partial charge in [-0.1, -0.05) is 15.9 Å². The van der Waals surface area contributed by atoms with Gasteiger partial charge in [0, 0.05) is 33.4 Å². The first-order chi connectivity index (χ1) is 12.8. The standard InChI is InChI=1S/C20H15BrN2O4/c1-11-17(12(2)24)18(20(25)14-3-7-15(21)8-4-14)19(22-11)13-5-9-16(10-6-13)23(26)27/h3-10,22H,1-2H3. The van der Waals surface area contributed by atoms with E-state index in [0.717, 1.165) is 4.47 Å². The zero-order valence-corrected chi connectivity index (χ0v) is 16.2. The SMILES string of the molecule is CC(=O)c1c(C)[nH]c(-c2ccc([N+](=O)[O-])cc2)c1C(=O)c1ccc(Br)cc1. The second-order valence-electron chi connectivity index (χ2n) is 6.07. The Balaban J connectivity index is 2.19. The van der Waals surface area contributed by atoms with Crippen molar-refractivity contribution >= 4 is 33.2 Å². The molecule has 0 aliphatic rings. The first-order valence-corrected chi connectivity index (χ1v) is 8.87. The number of halogens is 1. The number of carbonyl (C=O) groups is 2. The molecule has 1 heterocycles. The van der Waals surface area contributed by atoms with Crippen molar-refractivity contribution in [3.05, 3.63) is 85.5 Å². The number of benzene rings is 2. The van der Waals surface area contributed by atoms with Crippen LogP contribution in [0, 0.1) is 17.0 Å². The normalized spacial score (nSPS) is 10.6. The van der Waals surface area contributed by atoms with E-state index in [1.165, 1.54) is 19.1 Å². The largest absolute Gasteiger partial charge is 0.357 e. The second-order valence-corrected chi connectivity index (χ2v) is 6.99. The van der Waals surface area contributed by atoms with E-state index in [0.29, 0.717) is 28.1 Å². The maximum atomic E-state index is 13.2. The zero-order valence-electron chi connectivity index (χ0n) is 14.6. The topological polar surface area (TPSA) is 93.1 Å². The Bertz CT molecular complexity index is 1050. The van der Waals surface area contributed by atoms with Crippen LogP contribution in [0.1, 0.15) is 38.9 Å². The summed E-state index contributed by atoms with van der Waals surface area (Å²) in [6.45, 7) is 3.14. The average molecular weight is 427 g/mol. The highest BCUT2D eigenvalue weighted by atomic mass is 79.9. The van der Waals surface area contributed by atoms with Crippen LogP contribution in [0.2, 0.25) is 0 Å². The number of ketones is 2. The van der Waals surface area contributed by atoms with Crippen molar-refractivity contribution in [3.8, 4) is 11.3 Å². The number of hydrogen-bond acceptors (Lipinski definition) is 4. The van der Waals surface area contributed by atoms with E-state index in [1.54, 1.807) is 43.3 Å². The van der Waals surface area contributed by atoms with Crippen molar-refractivity contribution < 1.29 is 14.5 Å². The van der Waals surface area contributed by atoms with E-state index in [9.17, 15) is 19.7 Å². The molecule has 2 aromatic carbocycles. The number of Topliss-reactive ketones (excluding diaryl/α,β-unsaturated/α-hetero) is 1. The maximum Gasteiger partial charge on any atom is 0.269 e. The number of non-ortho nitro benzene ring substituents is 1. The number of H-pyrrole nitrogens is 1. The van der Waals surface area contributed by atoms with Gasteiger partial charge in [0.1, 0.15) is 0 Å². The molecule has 27 heavy (non-hydrogen) atoms. The summed E-state index contributed by atoms with van der Waals surface area (Å²) in [6, 6.07) is 12.7. The third-order valence-electron chi connectivity index (χ3n) is 4.24. The summed E-state index contributed by atoms with van der Waals surface area (Å²) in [4.78, 5) is 38.9. The Hall–Kier alpha value is -3.06. The third-order valence-corrected chi connectivity index (χ3v) is 4.77. The molecular weight excluding hydrogens is 412 g/mol. The molecule has 1 aromatic heterocycles. The highest BCUT2D eigenvalue weighted by molar-refractivity contribution is 9.10. The summed E-state index contributed by atoms with van der Waals surface area (Å²) in [5.41, 5.74) is 2.65.